The van der Waals surface area contributed by atoms with Gasteiger partial charge in [-0.05, 0) is 29.7 Å². The van der Waals surface area contributed by atoms with Gasteiger partial charge in [-0.15, -0.1) is 0 Å². The van der Waals surface area contributed by atoms with E-state index in [2.05, 4.69) is 36.5 Å². The minimum Gasteiger partial charge on any atom is -0.326 e. The van der Waals surface area contributed by atoms with Gasteiger partial charge in [0.05, 0.1) is 0 Å². The fourth-order valence-corrected chi connectivity index (χ4v) is 3.90. The molecule has 2 aromatic carbocycles. The van der Waals surface area contributed by atoms with E-state index in [0.29, 0.717) is 6.42 Å². The Bertz CT molecular complexity index is 678. The van der Waals surface area contributed by atoms with Gasteiger partial charge in [0.25, 0.3) is 0 Å². The average molecular weight is 408 g/mol. The molecule has 164 valence electrons. The molecule has 30 heavy (non-hydrogen) atoms. The fourth-order valence-electron chi connectivity index (χ4n) is 3.90. The summed E-state index contributed by atoms with van der Waals surface area (Å²) in [6.45, 7) is 2.27. The summed E-state index contributed by atoms with van der Waals surface area (Å²) < 4.78 is 0. The van der Waals surface area contributed by atoms with E-state index in [0.717, 1.165) is 18.5 Å². The summed E-state index contributed by atoms with van der Waals surface area (Å²) in [5.74, 6) is 0.130. The lowest BCUT2D eigenvalue weighted by Gasteiger charge is -2.07. The van der Waals surface area contributed by atoms with Crippen LogP contribution in [0.1, 0.15) is 96.8 Å². The lowest BCUT2D eigenvalue weighted by atomic mass is 10.0. The minimum absolute atomic E-state index is 0.130. The van der Waals surface area contributed by atoms with E-state index in [4.69, 9.17) is 0 Å². The Morgan fingerprint density at radius 3 is 1.60 bits per heavy atom. The van der Waals surface area contributed by atoms with Crippen LogP contribution in [-0.4, -0.2) is 5.91 Å². The van der Waals surface area contributed by atoms with Crippen LogP contribution < -0.4 is 5.32 Å². The number of nitrogens with one attached hydrogen (secondary N) is 1. The third-order valence-corrected chi connectivity index (χ3v) is 5.78. The molecule has 0 aromatic heterocycles. The zero-order valence-electron chi connectivity index (χ0n) is 19.0. The molecular formula is C28H41NO. The van der Waals surface area contributed by atoms with Gasteiger partial charge in [-0.2, -0.15) is 0 Å². The maximum absolute atomic E-state index is 12.2. The average Bonchev–Trinajstić information content (AvgIpc) is 2.78. The van der Waals surface area contributed by atoms with Crippen LogP contribution in [0.15, 0.2) is 54.6 Å². The van der Waals surface area contributed by atoms with Crippen LogP contribution in [0.2, 0.25) is 0 Å². The lowest BCUT2D eigenvalue weighted by Crippen LogP contribution is -2.10. The van der Waals surface area contributed by atoms with Gasteiger partial charge in [0.2, 0.25) is 5.91 Å². The molecule has 0 radical (unpaired) electrons. The number of rotatable bonds is 16. The normalized spacial score (nSPS) is 10.8. The third kappa shape index (κ3) is 10.6. The van der Waals surface area contributed by atoms with Gasteiger partial charge in [0.15, 0.2) is 0 Å². The molecule has 0 saturated carbocycles. The molecular weight excluding hydrogens is 366 g/mol. The van der Waals surface area contributed by atoms with E-state index in [9.17, 15) is 4.79 Å². The number of carbonyl (C=O) groups is 1. The largest absolute Gasteiger partial charge is 0.326 e. The molecule has 0 spiro atoms. The highest BCUT2D eigenvalue weighted by atomic mass is 16.1. The zero-order valence-corrected chi connectivity index (χ0v) is 19.0. The van der Waals surface area contributed by atoms with E-state index in [-0.39, 0.29) is 5.91 Å². The predicted molar refractivity (Wildman–Crippen MR) is 131 cm³/mol. The van der Waals surface area contributed by atoms with Crippen LogP contribution in [0.25, 0.3) is 11.1 Å². The first-order valence-corrected chi connectivity index (χ1v) is 12.2. The Kier molecular flexibility index (Phi) is 12.7. The highest BCUT2D eigenvalue weighted by Gasteiger charge is 2.03. The van der Waals surface area contributed by atoms with E-state index in [1.165, 1.54) is 81.8 Å². The van der Waals surface area contributed by atoms with E-state index >= 15 is 0 Å². The summed E-state index contributed by atoms with van der Waals surface area (Å²) in [4.78, 5) is 12.2. The second kappa shape index (κ2) is 15.7. The first-order valence-electron chi connectivity index (χ1n) is 12.2. The second-order valence-electron chi connectivity index (χ2n) is 8.48. The maximum Gasteiger partial charge on any atom is 0.224 e. The van der Waals surface area contributed by atoms with Crippen LogP contribution in [0, 0.1) is 0 Å². The molecule has 0 aliphatic rings. The van der Waals surface area contributed by atoms with Crippen molar-refractivity contribution in [1.29, 1.82) is 0 Å². The van der Waals surface area contributed by atoms with Crippen LogP contribution in [0.5, 0.6) is 0 Å². The maximum atomic E-state index is 12.2. The molecule has 1 amide bonds. The molecule has 0 fully saturated rings. The summed E-state index contributed by atoms with van der Waals surface area (Å²) in [7, 11) is 0. The standard InChI is InChI=1S/C28H41NO/c1-2-3-4-5-6-7-8-9-10-11-12-13-17-20-28(30)29-27-23-21-26(22-24-27)25-18-15-14-16-19-25/h14-16,18-19,21-24H,2-13,17,20H2,1H3,(H,29,30). The fraction of sp³-hybridized carbons (Fsp3) is 0.536. The van der Waals surface area contributed by atoms with Crippen LogP contribution in [-0.2, 0) is 4.79 Å². The molecule has 0 aliphatic heterocycles. The van der Waals surface area contributed by atoms with E-state index in [1.807, 2.05) is 30.3 Å². The predicted octanol–water partition coefficient (Wildman–Crippen LogP) is 8.77. The Morgan fingerprint density at radius 1 is 0.600 bits per heavy atom. The Labute approximate surface area is 184 Å². The highest BCUT2D eigenvalue weighted by Crippen LogP contribution is 2.21. The molecule has 0 bridgehead atoms. The van der Waals surface area contributed by atoms with Crippen molar-refractivity contribution in [3.8, 4) is 11.1 Å². The van der Waals surface area contributed by atoms with Crippen LogP contribution >= 0.6 is 0 Å². The first kappa shape index (κ1) is 24.2. The molecule has 2 aromatic rings. The molecule has 0 saturated heterocycles. The molecule has 0 atom stereocenters. The smallest absolute Gasteiger partial charge is 0.224 e. The van der Waals surface area contributed by atoms with Gasteiger partial charge < -0.3 is 5.32 Å². The Balaban J connectivity index is 1.46. The summed E-state index contributed by atoms with van der Waals surface area (Å²) in [5.41, 5.74) is 3.25. The summed E-state index contributed by atoms with van der Waals surface area (Å²) in [5, 5.41) is 3.03. The molecule has 2 nitrogen and oxygen atoms in total. The molecule has 2 heteroatoms. The van der Waals surface area contributed by atoms with Crippen molar-refractivity contribution in [2.45, 2.75) is 96.8 Å². The monoisotopic (exact) mass is 407 g/mol. The molecule has 0 unspecified atom stereocenters. The number of hydrogen-bond acceptors (Lipinski definition) is 1. The number of anilines is 1. The van der Waals surface area contributed by atoms with Crippen molar-refractivity contribution in [1.82, 2.24) is 0 Å². The Morgan fingerprint density at radius 2 is 1.07 bits per heavy atom. The Hall–Kier alpha value is -2.09. The van der Waals surface area contributed by atoms with E-state index in [1.54, 1.807) is 0 Å². The van der Waals surface area contributed by atoms with Gasteiger partial charge in [-0.25, -0.2) is 0 Å². The van der Waals surface area contributed by atoms with E-state index < -0.39 is 0 Å². The first-order chi connectivity index (χ1) is 14.8. The third-order valence-electron chi connectivity index (χ3n) is 5.78. The summed E-state index contributed by atoms with van der Waals surface area (Å²) in [6.07, 6.45) is 17.9. The van der Waals surface area contributed by atoms with Crippen molar-refractivity contribution >= 4 is 11.6 Å². The van der Waals surface area contributed by atoms with Crippen LogP contribution in [0.4, 0.5) is 5.69 Å². The highest BCUT2D eigenvalue weighted by molar-refractivity contribution is 5.90. The second-order valence-corrected chi connectivity index (χ2v) is 8.48. The van der Waals surface area contributed by atoms with Crippen LogP contribution in [0.3, 0.4) is 0 Å². The lowest BCUT2D eigenvalue weighted by molar-refractivity contribution is -0.116. The molecule has 0 heterocycles. The topological polar surface area (TPSA) is 29.1 Å². The summed E-state index contributed by atoms with van der Waals surface area (Å²) >= 11 is 0. The van der Waals surface area contributed by atoms with Gasteiger partial charge in [-0.3, -0.25) is 4.79 Å². The number of hydrogen-bond donors (Lipinski definition) is 1. The zero-order chi connectivity index (χ0) is 21.3. The van der Waals surface area contributed by atoms with Crippen molar-refractivity contribution in [2.24, 2.45) is 0 Å². The number of benzene rings is 2. The molecule has 0 aliphatic carbocycles. The quantitative estimate of drug-likeness (QED) is 0.277. The van der Waals surface area contributed by atoms with Crippen molar-refractivity contribution in [3.05, 3.63) is 54.6 Å². The SMILES string of the molecule is CCCCCCCCCCCCCCCC(=O)Nc1ccc(-c2ccccc2)cc1. The van der Waals surface area contributed by atoms with Crippen molar-refractivity contribution < 1.29 is 4.79 Å². The number of unbranched alkanes of at least 4 members (excludes halogenated alkanes) is 12. The number of carbonyl (C=O) groups excluding carboxylic acids is 1. The molecule has 1 N–H and O–H groups in total. The summed E-state index contributed by atoms with van der Waals surface area (Å²) in [6, 6.07) is 18.4. The van der Waals surface area contributed by atoms with Gasteiger partial charge >= 0.3 is 0 Å². The van der Waals surface area contributed by atoms with Crippen molar-refractivity contribution in [2.75, 3.05) is 5.32 Å². The van der Waals surface area contributed by atoms with Gasteiger partial charge in [0.1, 0.15) is 0 Å². The van der Waals surface area contributed by atoms with Gasteiger partial charge in [-0.1, -0.05) is 126 Å². The number of amides is 1. The van der Waals surface area contributed by atoms with Crippen molar-refractivity contribution in [3.63, 3.8) is 0 Å². The minimum atomic E-state index is 0.130. The van der Waals surface area contributed by atoms with Gasteiger partial charge in [0, 0.05) is 12.1 Å². The molecule has 2 rings (SSSR count).